The highest BCUT2D eigenvalue weighted by molar-refractivity contribution is 5.93. The number of amides is 1. The lowest BCUT2D eigenvalue weighted by Gasteiger charge is -2.11. The zero-order chi connectivity index (χ0) is 18.9. The third-order valence-electron chi connectivity index (χ3n) is 3.76. The van der Waals surface area contributed by atoms with Crippen LogP contribution < -0.4 is 14.8 Å². The van der Waals surface area contributed by atoms with Crippen molar-refractivity contribution in [2.75, 3.05) is 26.1 Å². The van der Waals surface area contributed by atoms with Gasteiger partial charge in [-0.25, -0.2) is 4.79 Å². The molecule has 6 heteroatoms. The van der Waals surface area contributed by atoms with Gasteiger partial charge in [-0.15, -0.1) is 0 Å². The second kappa shape index (κ2) is 9.46. The van der Waals surface area contributed by atoms with Gasteiger partial charge in [0.05, 0.1) is 26.4 Å². The van der Waals surface area contributed by atoms with Crippen molar-refractivity contribution in [3.05, 3.63) is 53.6 Å². The first-order chi connectivity index (χ1) is 12.6. The fourth-order valence-electron chi connectivity index (χ4n) is 2.43. The van der Waals surface area contributed by atoms with Crippen molar-refractivity contribution < 1.29 is 23.8 Å². The van der Waals surface area contributed by atoms with Gasteiger partial charge >= 0.3 is 5.97 Å². The quantitative estimate of drug-likeness (QED) is 0.733. The van der Waals surface area contributed by atoms with Crippen molar-refractivity contribution in [1.82, 2.24) is 0 Å². The van der Waals surface area contributed by atoms with Gasteiger partial charge in [-0.3, -0.25) is 4.79 Å². The molecule has 138 valence electrons. The maximum atomic E-state index is 12.1. The normalized spacial score (nSPS) is 10.1. The molecule has 2 aromatic rings. The molecule has 2 aromatic carbocycles. The molecule has 0 aromatic heterocycles. The van der Waals surface area contributed by atoms with Crippen LogP contribution in [-0.2, 0) is 16.0 Å². The van der Waals surface area contributed by atoms with Crippen molar-refractivity contribution in [1.29, 1.82) is 0 Å². The number of methoxy groups -OCH3 is 2. The average Bonchev–Trinajstić information content (AvgIpc) is 2.67. The average molecular weight is 357 g/mol. The van der Waals surface area contributed by atoms with Gasteiger partial charge in [-0.1, -0.05) is 6.07 Å². The SMILES string of the molecule is CCOc1ccc(CCC(=O)Nc2ccc(C(=O)OC)cc2)cc1OC. The molecule has 26 heavy (non-hydrogen) atoms. The van der Waals surface area contributed by atoms with E-state index in [-0.39, 0.29) is 5.91 Å². The van der Waals surface area contributed by atoms with Crippen LogP contribution in [0.15, 0.2) is 42.5 Å². The van der Waals surface area contributed by atoms with Gasteiger partial charge in [0.15, 0.2) is 11.5 Å². The first-order valence-corrected chi connectivity index (χ1v) is 8.35. The number of rotatable bonds is 8. The molecular formula is C20H23NO5. The maximum Gasteiger partial charge on any atom is 0.337 e. The van der Waals surface area contributed by atoms with Gasteiger partial charge in [-0.2, -0.15) is 0 Å². The summed E-state index contributed by atoms with van der Waals surface area (Å²) in [5, 5.41) is 2.81. The van der Waals surface area contributed by atoms with Gasteiger partial charge in [-0.05, 0) is 55.3 Å². The second-order valence-corrected chi connectivity index (χ2v) is 5.54. The number of anilines is 1. The fraction of sp³-hybridized carbons (Fsp3) is 0.300. The molecule has 0 aliphatic heterocycles. The van der Waals surface area contributed by atoms with Crippen LogP contribution in [0, 0.1) is 0 Å². The summed E-state index contributed by atoms with van der Waals surface area (Å²) in [5.41, 5.74) is 2.06. The molecule has 0 heterocycles. The van der Waals surface area contributed by atoms with E-state index in [0.717, 1.165) is 5.56 Å². The Labute approximate surface area is 153 Å². The Balaban J connectivity index is 1.91. The van der Waals surface area contributed by atoms with Crippen molar-refractivity contribution in [2.45, 2.75) is 19.8 Å². The standard InChI is InChI=1S/C20H23NO5/c1-4-26-17-11-5-14(13-18(17)24-2)6-12-19(22)21-16-9-7-15(8-10-16)20(23)25-3/h5,7-11,13H,4,6,12H2,1-3H3,(H,21,22). The number of benzene rings is 2. The fourth-order valence-corrected chi connectivity index (χ4v) is 2.43. The second-order valence-electron chi connectivity index (χ2n) is 5.54. The van der Waals surface area contributed by atoms with Gasteiger partial charge in [0, 0.05) is 12.1 Å². The van der Waals surface area contributed by atoms with E-state index in [1.54, 1.807) is 31.4 Å². The lowest BCUT2D eigenvalue weighted by Crippen LogP contribution is -2.12. The van der Waals surface area contributed by atoms with Gasteiger partial charge < -0.3 is 19.5 Å². The maximum absolute atomic E-state index is 12.1. The van der Waals surface area contributed by atoms with Crippen LogP contribution in [0.5, 0.6) is 11.5 Å². The molecular weight excluding hydrogens is 334 g/mol. The summed E-state index contributed by atoms with van der Waals surface area (Å²) in [6.45, 7) is 2.47. The van der Waals surface area contributed by atoms with E-state index >= 15 is 0 Å². The van der Waals surface area contributed by atoms with Gasteiger partial charge in [0.1, 0.15) is 0 Å². The highest BCUT2D eigenvalue weighted by atomic mass is 16.5. The molecule has 0 fully saturated rings. The van der Waals surface area contributed by atoms with E-state index in [9.17, 15) is 9.59 Å². The predicted molar refractivity (Wildman–Crippen MR) is 98.9 cm³/mol. The summed E-state index contributed by atoms with van der Waals surface area (Å²) in [6.07, 6.45) is 0.907. The third kappa shape index (κ3) is 5.24. The van der Waals surface area contributed by atoms with Crippen LogP contribution in [0.4, 0.5) is 5.69 Å². The Morgan fingerprint density at radius 2 is 1.73 bits per heavy atom. The van der Waals surface area contributed by atoms with E-state index in [4.69, 9.17) is 9.47 Å². The Morgan fingerprint density at radius 3 is 2.35 bits per heavy atom. The van der Waals surface area contributed by atoms with E-state index < -0.39 is 5.97 Å². The molecule has 0 atom stereocenters. The minimum atomic E-state index is -0.410. The lowest BCUT2D eigenvalue weighted by molar-refractivity contribution is -0.116. The summed E-state index contributed by atoms with van der Waals surface area (Å²) in [4.78, 5) is 23.5. The summed E-state index contributed by atoms with van der Waals surface area (Å²) in [6, 6.07) is 12.2. The number of carbonyl (C=O) groups is 2. The van der Waals surface area contributed by atoms with Gasteiger partial charge in [0.2, 0.25) is 5.91 Å². The topological polar surface area (TPSA) is 73.9 Å². The molecule has 1 amide bonds. The predicted octanol–water partition coefficient (Wildman–Crippen LogP) is 3.45. The highest BCUT2D eigenvalue weighted by Crippen LogP contribution is 2.28. The molecule has 0 bridgehead atoms. The minimum absolute atomic E-state index is 0.108. The minimum Gasteiger partial charge on any atom is -0.493 e. The smallest absolute Gasteiger partial charge is 0.337 e. The number of aryl methyl sites for hydroxylation is 1. The van der Waals surface area contributed by atoms with Crippen LogP contribution in [0.2, 0.25) is 0 Å². The number of hydrogen-bond donors (Lipinski definition) is 1. The van der Waals surface area contributed by atoms with E-state index in [1.165, 1.54) is 7.11 Å². The number of hydrogen-bond acceptors (Lipinski definition) is 5. The summed E-state index contributed by atoms with van der Waals surface area (Å²) in [7, 11) is 2.92. The van der Waals surface area contributed by atoms with E-state index in [2.05, 4.69) is 10.1 Å². The molecule has 0 aliphatic rings. The summed E-state index contributed by atoms with van der Waals surface area (Å²) >= 11 is 0. The Hall–Kier alpha value is -3.02. The van der Waals surface area contributed by atoms with Gasteiger partial charge in [0.25, 0.3) is 0 Å². The molecule has 1 N–H and O–H groups in total. The monoisotopic (exact) mass is 357 g/mol. The van der Waals surface area contributed by atoms with Crippen molar-refractivity contribution >= 4 is 17.6 Å². The lowest BCUT2D eigenvalue weighted by atomic mass is 10.1. The van der Waals surface area contributed by atoms with Crippen LogP contribution in [-0.4, -0.2) is 32.7 Å². The number of nitrogens with one attached hydrogen (secondary N) is 1. The molecule has 0 spiro atoms. The zero-order valence-corrected chi connectivity index (χ0v) is 15.2. The molecule has 0 aliphatic carbocycles. The Morgan fingerprint density at radius 1 is 1.00 bits per heavy atom. The van der Waals surface area contributed by atoms with Crippen LogP contribution >= 0.6 is 0 Å². The molecule has 0 radical (unpaired) electrons. The van der Waals surface area contributed by atoms with Crippen molar-refractivity contribution in [3.63, 3.8) is 0 Å². The van der Waals surface area contributed by atoms with E-state index in [0.29, 0.717) is 42.2 Å². The van der Waals surface area contributed by atoms with Crippen molar-refractivity contribution in [2.24, 2.45) is 0 Å². The highest BCUT2D eigenvalue weighted by Gasteiger charge is 2.09. The zero-order valence-electron chi connectivity index (χ0n) is 15.2. The van der Waals surface area contributed by atoms with Crippen LogP contribution in [0.25, 0.3) is 0 Å². The third-order valence-corrected chi connectivity index (χ3v) is 3.76. The number of esters is 1. The molecule has 0 saturated carbocycles. The number of ether oxygens (including phenoxy) is 3. The number of carbonyl (C=O) groups excluding carboxylic acids is 2. The van der Waals surface area contributed by atoms with E-state index in [1.807, 2.05) is 25.1 Å². The summed E-state index contributed by atoms with van der Waals surface area (Å²) < 4.78 is 15.4. The van der Waals surface area contributed by atoms with Crippen LogP contribution in [0.1, 0.15) is 29.3 Å². The first kappa shape index (κ1) is 19.3. The molecule has 6 nitrogen and oxygen atoms in total. The largest absolute Gasteiger partial charge is 0.493 e. The van der Waals surface area contributed by atoms with Crippen LogP contribution in [0.3, 0.4) is 0 Å². The first-order valence-electron chi connectivity index (χ1n) is 8.35. The van der Waals surface area contributed by atoms with Crippen molar-refractivity contribution in [3.8, 4) is 11.5 Å². The summed E-state index contributed by atoms with van der Waals surface area (Å²) in [5.74, 6) is 0.827. The molecule has 0 unspecified atom stereocenters. The molecule has 0 saturated heterocycles. The molecule has 2 rings (SSSR count). The Bertz CT molecular complexity index is 755. The Kier molecular flexibility index (Phi) is 7.02.